The molecule has 12 heavy (non-hydrogen) atoms. The highest BCUT2D eigenvalue weighted by Gasteiger charge is 2.06. The van der Waals surface area contributed by atoms with Crippen LogP contribution in [0.5, 0.6) is 0 Å². The number of halogens is 2. The molecule has 3 N–H and O–H groups in total. The van der Waals surface area contributed by atoms with Crippen molar-refractivity contribution in [3.8, 4) is 0 Å². The topological polar surface area (TPSA) is 49.9 Å². The van der Waals surface area contributed by atoms with E-state index >= 15 is 0 Å². The molecule has 0 atom stereocenters. The second kappa shape index (κ2) is 3.40. The van der Waals surface area contributed by atoms with Gasteiger partial charge in [0, 0.05) is 12.1 Å². The molecule has 4 heteroatoms. The Morgan fingerprint density at radius 3 is 2.67 bits per heavy atom. The lowest BCUT2D eigenvalue weighted by molar-refractivity contribution is 0.597. The van der Waals surface area contributed by atoms with Gasteiger partial charge in [-0.2, -0.15) is 0 Å². The zero-order valence-electron chi connectivity index (χ0n) is 6.27. The van der Waals surface area contributed by atoms with Crippen molar-refractivity contribution in [2.45, 2.75) is 0 Å². The molecule has 0 aliphatic heterocycles. The molecule has 0 bridgehead atoms. The first-order valence-corrected chi connectivity index (χ1v) is 3.38. The van der Waals surface area contributed by atoms with Crippen molar-refractivity contribution >= 4 is 5.71 Å². The maximum atomic E-state index is 12.8. The highest BCUT2D eigenvalue weighted by atomic mass is 19.1. The lowest BCUT2D eigenvalue weighted by Gasteiger charge is -2.01. The van der Waals surface area contributed by atoms with Crippen molar-refractivity contribution in [2.24, 2.45) is 5.73 Å². The van der Waals surface area contributed by atoms with Gasteiger partial charge in [0.25, 0.3) is 0 Å². The molecule has 0 aromatic heterocycles. The van der Waals surface area contributed by atoms with Crippen LogP contribution in [-0.4, -0.2) is 12.3 Å². The molecule has 0 amide bonds. The third-order valence-corrected chi connectivity index (χ3v) is 1.46. The Morgan fingerprint density at radius 1 is 1.42 bits per heavy atom. The molecule has 0 unspecified atom stereocenters. The molecule has 0 aliphatic rings. The van der Waals surface area contributed by atoms with Crippen LogP contribution in [-0.2, 0) is 0 Å². The van der Waals surface area contributed by atoms with E-state index in [1.165, 1.54) is 0 Å². The molecule has 1 aromatic rings. The first-order valence-electron chi connectivity index (χ1n) is 3.38. The van der Waals surface area contributed by atoms with Crippen molar-refractivity contribution in [3.05, 3.63) is 35.4 Å². The molecule has 0 heterocycles. The van der Waals surface area contributed by atoms with E-state index in [1.54, 1.807) is 0 Å². The molecule has 0 fully saturated rings. The molecule has 0 aliphatic carbocycles. The summed E-state index contributed by atoms with van der Waals surface area (Å²) in [5.74, 6) is -1.18. The fourth-order valence-corrected chi connectivity index (χ4v) is 0.839. The number of nitrogens with two attached hydrogens (primary N) is 1. The minimum absolute atomic E-state index is 0.0718. The maximum absolute atomic E-state index is 12.8. The summed E-state index contributed by atoms with van der Waals surface area (Å²) >= 11 is 0. The second-order valence-electron chi connectivity index (χ2n) is 2.31. The van der Waals surface area contributed by atoms with Crippen LogP contribution in [0.2, 0.25) is 0 Å². The lowest BCUT2D eigenvalue weighted by Crippen LogP contribution is -2.15. The molecule has 1 rings (SSSR count). The summed E-state index contributed by atoms with van der Waals surface area (Å²) in [6, 6.07) is 2.95. The van der Waals surface area contributed by atoms with Crippen molar-refractivity contribution in [2.75, 3.05) is 6.54 Å². The fraction of sp³-hybridized carbons (Fsp3) is 0.125. The van der Waals surface area contributed by atoms with Crippen LogP contribution < -0.4 is 5.73 Å². The molecule has 64 valence electrons. The van der Waals surface area contributed by atoms with Gasteiger partial charge in [0.1, 0.15) is 11.6 Å². The predicted molar refractivity (Wildman–Crippen MR) is 42.2 cm³/mol. The summed E-state index contributed by atoms with van der Waals surface area (Å²) in [5, 5.41) is 7.18. The maximum Gasteiger partial charge on any atom is 0.132 e. The molecule has 1 aromatic carbocycles. The number of rotatable bonds is 2. The quantitative estimate of drug-likeness (QED) is 0.645. The second-order valence-corrected chi connectivity index (χ2v) is 2.31. The van der Waals surface area contributed by atoms with Gasteiger partial charge in [-0.05, 0) is 18.2 Å². The van der Waals surface area contributed by atoms with E-state index in [4.69, 9.17) is 11.1 Å². The predicted octanol–water partition coefficient (Wildman–Crippen LogP) is 1.29. The van der Waals surface area contributed by atoms with E-state index in [1.807, 2.05) is 0 Å². The van der Waals surface area contributed by atoms with E-state index in [-0.39, 0.29) is 17.8 Å². The largest absolute Gasteiger partial charge is 0.325 e. The van der Waals surface area contributed by atoms with Crippen molar-refractivity contribution in [3.63, 3.8) is 0 Å². The normalized spacial score (nSPS) is 9.92. The lowest BCUT2D eigenvalue weighted by atomic mass is 10.1. The highest BCUT2D eigenvalue weighted by molar-refractivity contribution is 5.99. The molecule has 2 nitrogen and oxygen atoms in total. The summed E-state index contributed by atoms with van der Waals surface area (Å²) in [4.78, 5) is 0. The van der Waals surface area contributed by atoms with Crippen LogP contribution in [0, 0.1) is 17.0 Å². The summed E-state index contributed by atoms with van der Waals surface area (Å²) in [6.45, 7) is -0.0969. The number of benzene rings is 1. The Kier molecular flexibility index (Phi) is 2.50. The van der Waals surface area contributed by atoms with Crippen LogP contribution in [0.15, 0.2) is 18.2 Å². The standard InChI is InChI=1S/C8H8F2N2/c9-5-1-2-7(10)6(3-5)8(12)4-11/h1-3,12H,4,11H2. The van der Waals surface area contributed by atoms with Gasteiger partial charge in [-0.1, -0.05) is 0 Å². The Hall–Kier alpha value is -1.29. The third kappa shape index (κ3) is 1.65. The van der Waals surface area contributed by atoms with Crippen LogP contribution in [0.1, 0.15) is 5.56 Å². The molecule has 0 saturated carbocycles. The van der Waals surface area contributed by atoms with E-state index in [2.05, 4.69) is 0 Å². The van der Waals surface area contributed by atoms with Gasteiger partial charge in [-0.15, -0.1) is 0 Å². The Labute approximate surface area is 68.5 Å². The van der Waals surface area contributed by atoms with Crippen molar-refractivity contribution in [1.82, 2.24) is 0 Å². The fourth-order valence-electron chi connectivity index (χ4n) is 0.839. The minimum atomic E-state index is -0.619. The molecule has 0 radical (unpaired) electrons. The summed E-state index contributed by atoms with van der Waals surface area (Å²) in [5.41, 5.74) is 4.93. The van der Waals surface area contributed by atoms with E-state index in [9.17, 15) is 8.78 Å². The van der Waals surface area contributed by atoms with Gasteiger partial charge in [0.05, 0.1) is 5.71 Å². The van der Waals surface area contributed by atoms with Gasteiger partial charge < -0.3 is 11.1 Å². The molecular formula is C8H8F2N2. The number of hydrogen-bond acceptors (Lipinski definition) is 2. The molecule has 0 saturated heterocycles. The first-order chi connectivity index (χ1) is 5.65. The monoisotopic (exact) mass is 170 g/mol. The van der Waals surface area contributed by atoms with Crippen LogP contribution in [0.4, 0.5) is 8.78 Å². The molecule has 0 spiro atoms. The third-order valence-electron chi connectivity index (χ3n) is 1.46. The van der Waals surface area contributed by atoms with Crippen molar-refractivity contribution in [1.29, 1.82) is 5.41 Å². The van der Waals surface area contributed by atoms with Gasteiger partial charge in [-0.3, -0.25) is 0 Å². The SMILES string of the molecule is N=C(CN)c1cc(F)ccc1F. The van der Waals surface area contributed by atoms with Crippen LogP contribution >= 0.6 is 0 Å². The zero-order valence-corrected chi connectivity index (χ0v) is 6.27. The Morgan fingerprint density at radius 2 is 2.08 bits per heavy atom. The molecular weight excluding hydrogens is 162 g/mol. The first kappa shape index (κ1) is 8.80. The Bertz CT molecular complexity index is 310. The summed E-state index contributed by atoms with van der Waals surface area (Å²) < 4.78 is 25.4. The number of hydrogen-bond donors (Lipinski definition) is 2. The van der Waals surface area contributed by atoms with Gasteiger partial charge in [-0.25, -0.2) is 8.78 Å². The smallest absolute Gasteiger partial charge is 0.132 e. The van der Waals surface area contributed by atoms with E-state index in [0.29, 0.717) is 0 Å². The van der Waals surface area contributed by atoms with Crippen molar-refractivity contribution < 1.29 is 8.78 Å². The zero-order chi connectivity index (χ0) is 9.14. The minimum Gasteiger partial charge on any atom is -0.325 e. The number of nitrogens with one attached hydrogen (secondary N) is 1. The summed E-state index contributed by atoms with van der Waals surface area (Å²) in [6.07, 6.45) is 0. The van der Waals surface area contributed by atoms with E-state index in [0.717, 1.165) is 18.2 Å². The average Bonchev–Trinajstić information content (AvgIpc) is 2.08. The van der Waals surface area contributed by atoms with Gasteiger partial charge in [0.15, 0.2) is 0 Å². The van der Waals surface area contributed by atoms with Crippen LogP contribution in [0.3, 0.4) is 0 Å². The van der Waals surface area contributed by atoms with Crippen LogP contribution in [0.25, 0.3) is 0 Å². The van der Waals surface area contributed by atoms with Gasteiger partial charge >= 0.3 is 0 Å². The highest BCUT2D eigenvalue weighted by Crippen LogP contribution is 2.09. The Balaban J connectivity index is 3.13. The summed E-state index contributed by atoms with van der Waals surface area (Å²) in [7, 11) is 0. The van der Waals surface area contributed by atoms with Gasteiger partial charge in [0.2, 0.25) is 0 Å². The van der Waals surface area contributed by atoms with E-state index < -0.39 is 11.6 Å². The average molecular weight is 170 g/mol.